The Labute approximate surface area is 92.8 Å². The van der Waals surface area contributed by atoms with Crippen molar-refractivity contribution in [2.45, 2.75) is 6.10 Å². The van der Waals surface area contributed by atoms with E-state index in [1.807, 2.05) is 0 Å². The van der Waals surface area contributed by atoms with Crippen molar-refractivity contribution in [3.63, 3.8) is 0 Å². The molecule has 0 saturated carbocycles. The summed E-state index contributed by atoms with van der Waals surface area (Å²) in [5, 5.41) is 10.0. The van der Waals surface area contributed by atoms with Gasteiger partial charge >= 0.3 is 0 Å². The van der Waals surface area contributed by atoms with Crippen LogP contribution in [0.2, 0.25) is 0 Å². The van der Waals surface area contributed by atoms with E-state index in [0.717, 1.165) is 0 Å². The molecule has 0 bridgehead atoms. The summed E-state index contributed by atoms with van der Waals surface area (Å²) < 4.78 is 5.03. The van der Waals surface area contributed by atoms with Crippen molar-refractivity contribution in [3.8, 4) is 5.75 Å². The van der Waals surface area contributed by atoms with Gasteiger partial charge < -0.3 is 9.84 Å². The number of nitrogens with zero attached hydrogens (tertiary/aromatic N) is 3. The minimum Gasteiger partial charge on any atom is -0.495 e. The van der Waals surface area contributed by atoms with Crippen molar-refractivity contribution in [2.75, 3.05) is 7.11 Å². The molecule has 2 rings (SSSR count). The number of pyridine rings is 1. The van der Waals surface area contributed by atoms with Crippen LogP contribution in [0.15, 0.2) is 37.1 Å². The Morgan fingerprint density at radius 2 is 2.19 bits per heavy atom. The molecule has 0 saturated heterocycles. The molecule has 0 aliphatic carbocycles. The van der Waals surface area contributed by atoms with E-state index in [4.69, 9.17) is 4.74 Å². The number of ether oxygens (including phenoxy) is 1. The van der Waals surface area contributed by atoms with E-state index in [9.17, 15) is 5.11 Å². The van der Waals surface area contributed by atoms with Gasteiger partial charge in [0.25, 0.3) is 0 Å². The van der Waals surface area contributed by atoms with Gasteiger partial charge in [-0.25, -0.2) is 9.97 Å². The zero-order valence-corrected chi connectivity index (χ0v) is 8.74. The van der Waals surface area contributed by atoms with Gasteiger partial charge in [-0.3, -0.25) is 4.98 Å². The summed E-state index contributed by atoms with van der Waals surface area (Å²) in [6.07, 6.45) is 5.32. The normalized spacial score (nSPS) is 12.1. The van der Waals surface area contributed by atoms with E-state index in [1.165, 1.54) is 6.33 Å². The van der Waals surface area contributed by atoms with Gasteiger partial charge in [-0.2, -0.15) is 0 Å². The molecular formula is C11H11N3O2. The van der Waals surface area contributed by atoms with Gasteiger partial charge in [0.05, 0.1) is 19.0 Å². The fraction of sp³-hybridized carbons (Fsp3) is 0.182. The van der Waals surface area contributed by atoms with Crippen LogP contribution in [-0.4, -0.2) is 27.2 Å². The van der Waals surface area contributed by atoms with Crippen LogP contribution in [0.1, 0.15) is 17.4 Å². The van der Waals surface area contributed by atoms with Crippen LogP contribution < -0.4 is 4.74 Å². The van der Waals surface area contributed by atoms with Gasteiger partial charge in [0.15, 0.2) is 0 Å². The molecule has 16 heavy (non-hydrogen) atoms. The maximum atomic E-state index is 10.0. The number of aromatic nitrogens is 3. The minimum absolute atomic E-state index is 0.532. The SMILES string of the molecule is COc1cncc(C(O)c2ccncn2)c1. The second-order valence-electron chi connectivity index (χ2n) is 3.19. The highest BCUT2D eigenvalue weighted by Crippen LogP contribution is 2.21. The maximum Gasteiger partial charge on any atom is 0.137 e. The first-order chi connectivity index (χ1) is 7.81. The molecule has 0 aromatic carbocycles. The molecule has 1 N–H and O–H groups in total. The standard InChI is InChI=1S/C11H11N3O2/c1-16-9-4-8(5-13-6-9)11(15)10-2-3-12-7-14-10/h2-7,11,15H,1H3. The first kappa shape index (κ1) is 10.5. The monoisotopic (exact) mass is 217 g/mol. The molecule has 0 aliphatic rings. The van der Waals surface area contributed by atoms with E-state index < -0.39 is 6.10 Å². The Morgan fingerprint density at radius 3 is 2.88 bits per heavy atom. The van der Waals surface area contributed by atoms with E-state index in [1.54, 1.807) is 37.8 Å². The molecule has 5 nitrogen and oxygen atoms in total. The topological polar surface area (TPSA) is 68.1 Å². The fourth-order valence-electron chi connectivity index (χ4n) is 1.33. The van der Waals surface area contributed by atoms with Crippen LogP contribution in [0, 0.1) is 0 Å². The average molecular weight is 217 g/mol. The molecule has 1 unspecified atom stereocenters. The smallest absolute Gasteiger partial charge is 0.137 e. The van der Waals surface area contributed by atoms with Crippen LogP contribution in [0.3, 0.4) is 0 Å². The summed E-state index contributed by atoms with van der Waals surface area (Å²) in [6.45, 7) is 0. The first-order valence-electron chi connectivity index (χ1n) is 4.74. The third-order valence-corrected chi connectivity index (χ3v) is 2.17. The summed E-state index contributed by atoms with van der Waals surface area (Å²) in [6, 6.07) is 3.38. The summed E-state index contributed by atoms with van der Waals surface area (Å²) in [7, 11) is 1.55. The van der Waals surface area contributed by atoms with Crippen molar-refractivity contribution in [1.29, 1.82) is 0 Å². The zero-order chi connectivity index (χ0) is 11.4. The highest BCUT2D eigenvalue weighted by atomic mass is 16.5. The first-order valence-corrected chi connectivity index (χ1v) is 4.74. The molecule has 2 heterocycles. The van der Waals surface area contributed by atoms with Crippen LogP contribution in [-0.2, 0) is 0 Å². The molecule has 82 valence electrons. The third-order valence-electron chi connectivity index (χ3n) is 2.17. The van der Waals surface area contributed by atoms with Crippen LogP contribution >= 0.6 is 0 Å². The Hall–Kier alpha value is -2.01. The lowest BCUT2D eigenvalue weighted by Crippen LogP contribution is -2.03. The molecular weight excluding hydrogens is 206 g/mol. The largest absolute Gasteiger partial charge is 0.495 e. The van der Waals surface area contributed by atoms with E-state index in [0.29, 0.717) is 17.0 Å². The van der Waals surface area contributed by atoms with Gasteiger partial charge in [0.1, 0.15) is 18.2 Å². The second kappa shape index (κ2) is 4.67. The van der Waals surface area contributed by atoms with E-state index in [2.05, 4.69) is 15.0 Å². The molecule has 0 aliphatic heterocycles. The zero-order valence-electron chi connectivity index (χ0n) is 8.74. The number of methoxy groups -OCH3 is 1. The van der Waals surface area contributed by atoms with Crippen LogP contribution in [0.5, 0.6) is 5.75 Å². The predicted octanol–water partition coefficient (Wildman–Crippen LogP) is 0.962. The average Bonchev–Trinajstić information content (AvgIpc) is 2.39. The molecule has 2 aromatic rings. The Bertz CT molecular complexity index is 462. The minimum atomic E-state index is -0.814. The molecule has 0 spiro atoms. The van der Waals surface area contributed by atoms with Crippen molar-refractivity contribution < 1.29 is 9.84 Å². The Morgan fingerprint density at radius 1 is 1.31 bits per heavy atom. The number of aliphatic hydroxyl groups excluding tert-OH is 1. The van der Waals surface area contributed by atoms with Gasteiger partial charge in [-0.05, 0) is 12.1 Å². The predicted molar refractivity (Wildman–Crippen MR) is 56.9 cm³/mol. The van der Waals surface area contributed by atoms with Crippen molar-refractivity contribution in [3.05, 3.63) is 48.3 Å². The quantitative estimate of drug-likeness (QED) is 0.829. The molecule has 0 fully saturated rings. The Kier molecular flexibility index (Phi) is 3.07. The Balaban J connectivity index is 2.30. The number of rotatable bonds is 3. The molecule has 1 atom stereocenters. The van der Waals surface area contributed by atoms with E-state index >= 15 is 0 Å². The molecule has 5 heteroatoms. The van der Waals surface area contributed by atoms with Gasteiger partial charge in [0.2, 0.25) is 0 Å². The van der Waals surface area contributed by atoms with Gasteiger partial charge in [-0.1, -0.05) is 0 Å². The summed E-state index contributed by atoms with van der Waals surface area (Å²) in [4.78, 5) is 11.7. The van der Waals surface area contributed by atoms with Crippen LogP contribution in [0.25, 0.3) is 0 Å². The van der Waals surface area contributed by atoms with Gasteiger partial charge in [-0.15, -0.1) is 0 Å². The fourth-order valence-corrected chi connectivity index (χ4v) is 1.33. The van der Waals surface area contributed by atoms with Crippen LogP contribution in [0.4, 0.5) is 0 Å². The highest BCUT2D eigenvalue weighted by molar-refractivity contribution is 5.29. The lowest BCUT2D eigenvalue weighted by Gasteiger charge is -2.10. The lowest BCUT2D eigenvalue weighted by atomic mass is 10.1. The number of aliphatic hydroxyl groups is 1. The maximum absolute atomic E-state index is 10.0. The van der Waals surface area contributed by atoms with E-state index in [-0.39, 0.29) is 0 Å². The second-order valence-corrected chi connectivity index (χ2v) is 3.19. The highest BCUT2D eigenvalue weighted by Gasteiger charge is 2.12. The summed E-state index contributed by atoms with van der Waals surface area (Å²) in [5.41, 5.74) is 1.17. The molecule has 0 radical (unpaired) electrons. The van der Waals surface area contributed by atoms with Crippen molar-refractivity contribution in [2.24, 2.45) is 0 Å². The number of hydrogen-bond acceptors (Lipinski definition) is 5. The van der Waals surface area contributed by atoms with Gasteiger partial charge in [0, 0.05) is 18.0 Å². The third kappa shape index (κ3) is 2.14. The molecule has 0 amide bonds. The lowest BCUT2D eigenvalue weighted by molar-refractivity contribution is 0.214. The summed E-state index contributed by atoms with van der Waals surface area (Å²) in [5.74, 6) is 0.602. The number of hydrogen-bond donors (Lipinski definition) is 1. The van der Waals surface area contributed by atoms with Crippen molar-refractivity contribution >= 4 is 0 Å². The van der Waals surface area contributed by atoms with Crippen molar-refractivity contribution in [1.82, 2.24) is 15.0 Å². The molecule has 2 aromatic heterocycles. The summed E-state index contributed by atoms with van der Waals surface area (Å²) >= 11 is 0.